The summed E-state index contributed by atoms with van der Waals surface area (Å²) < 4.78 is 22.2. The average molecular weight is 274 g/mol. The third-order valence-electron chi connectivity index (χ3n) is 1.99. The fraction of sp³-hybridized carbons (Fsp3) is 0.222. The first-order chi connectivity index (χ1) is 8.86. The molecule has 0 spiro atoms. The van der Waals surface area contributed by atoms with Crippen molar-refractivity contribution in [1.29, 1.82) is 0 Å². The molecule has 0 aliphatic carbocycles. The van der Waals surface area contributed by atoms with Crippen LogP contribution in [0.15, 0.2) is 12.1 Å². The molecule has 19 heavy (non-hydrogen) atoms. The molecule has 0 bridgehead atoms. The Hall–Kier alpha value is -2.78. The van der Waals surface area contributed by atoms with Gasteiger partial charge in [-0.15, -0.1) is 0 Å². The van der Waals surface area contributed by atoms with Gasteiger partial charge >= 0.3 is 17.3 Å². The summed E-state index contributed by atoms with van der Waals surface area (Å²) in [5.74, 6) is -2.75. The van der Waals surface area contributed by atoms with Crippen LogP contribution in [0.25, 0.3) is 0 Å². The van der Waals surface area contributed by atoms with Crippen LogP contribution in [0.1, 0.15) is 0 Å². The van der Waals surface area contributed by atoms with Gasteiger partial charge < -0.3 is 9.47 Å². The van der Waals surface area contributed by atoms with Crippen LogP contribution in [-0.4, -0.2) is 29.5 Å². The molecule has 10 heteroatoms. The van der Waals surface area contributed by atoms with Crippen LogP contribution in [0.4, 0.5) is 15.8 Å². The normalized spacial score (nSPS) is 9.79. The lowest BCUT2D eigenvalue weighted by Gasteiger charge is -2.05. The minimum Gasteiger partial charge on any atom is -0.475 e. The minimum absolute atomic E-state index is 0.419. The number of carbonyl (C=O) groups is 1. The third-order valence-corrected chi connectivity index (χ3v) is 1.99. The first-order valence-electron chi connectivity index (χ1n) is 4.68. The lowest BCUT2D eigenvalue weighted by Crippen LogP contribution is -2.13. The molecule has 1 rings (SSSR count). The van der Waals surface area contributed by atoms with E-state index in [0.29, 0.717) is 12.1 Å². The highest BCUT2D eigenvalue weighted by molar-refractivity contribution is 5.71. The Bertz CT molecular complexity index is 546. The van der Waals surface area contributed by atoms with Gasteiger partial charge in [-0.05, 0) is 0 Å². The van der Waals surface area contributed by atoms with E-state index in [1.54, 1.807) is 0 Å². The van der Waals surface area contributed by atoms with Crippen LogP contribution in [0.5, 0.6) is 5.75 Å². The van der Waals surface area contributed by atoms with Crippen molar-refractivity contribution >= 4 is 17.3 Å². The van der Waals surface area contributed by atoms with Gasteiger partial charge in [-0.1, -0.05) is 0 Å². The molecule has 0 unspecified atom stereocenters. The zero-order chi connectivity index (χ0) is 14.6. The quantitative estimate of drug-likeness (QED) is 0.449. The first-order valence-corrected chi connectivity index (χ1v) is 4.68. The van der Waals surface area contributed by atoms with Gasteiger partial charge in [0.1, 0.15) is 6.07 Å². The summed E-state index contributed by atoms with van der Waals surface area (Å²) in [6.07, 6.45) is 0. The summed E-state index contributed by atoms with van der Waals surface area (Å²) >= 11 is 0. The smallest absolute Gasteiger partial charge is 0.343 e. The molecule has 0 N–H and O–H groups in total. The zero-order valence-corrected chi connectivity index (χ0v) is 9.49. The molecule has 0 atom stereocenters. The van der Waals surface area contributed by atoms with E-state index in [1.165, 1.54) is 0 Å². The topological polar surface area (TPSA) is 122 Å². The monoisotopic (exact) mass is 274 g/mol. The van der Waals surface area contributed by atoms with Crippen molar-refractivity contribution in [1.82, 2.24) is 0 Å². The van der Waals surface area contributed by atoms with Crippen LogP contribution >= 0.6 is 0 Å². The molecule has 0 fully saturated rings. The van der Waals surface area contributed by atoms with Crippen LogP contribution in [0, 0.1) is 26.0 Å². The Morgan fingerprint density at radius 1 is 1.26 bits per heavy atom. The van der Waals surface area contributed by atoms with Crippen LogP contribution in [-0.2, 0) is 9.53 Å². The van der Waals surface area contributed by atoms with Crippen molar-refractivity contribution in [3.63, 3.8) is 0 Å². The molecule has 1 aromatic rings. The summed E-state index contributed by atoms with van der Waals surface area (Å²) in [7, 11) is 1.07. The Labute approximate surface area is 104 Å². The summed E-state index contributed by atoms with van der Waals surface area (Å²) in [5.41, 5.74) is -1.88. The number of benzene rings is 1. The number of rotatable bonds is 5. The molecule has 0 aliphatic heterocycles. The molecule has 102 valence electrons. The van der Waals surface area contributed by atoms with Gasteiger partial charge in [-0.25, -0.2) is 4.79 Å². The molecular weight excluding hydrogens is 267 g/mol. The number of hydrogen-bond donors (Lipinski definition) is 0. The standard InChI is InChI=1S/C9H7FN2O7/c1-18-9(13)4-19-8-2-5(10)6(11(14)15)3-7(8)12(16)17/h2-3H,4H2,1H3. The predicted octanol–water partition coefficient (Wildman–Crippen LogP) is 1.19. The molecule has 9 nitrogen and oxygen atoms in total. The number of carbonyl (C=O) groups excluding carboxylic acids is 1. The van der Waals surface area contributed by atoms with E-state index < -0.39 is 45.4 Å². The molecule has 0 saturated carbocycles. The maximum Gasteiger partial charge on any atom is 0.343 e. The van der Waals surface area contributed by atoms with E-state index in [2.05, 4.69) is 9.47 Å². The zero-order valence-electron chi connectivity index (χ0n) is 9.49. The number of ether oxygens (including phenoxy) is 2. The number of halogens is 1. The maximum atomic E-state index is 13.3. The van der Waals surface area contributed by atoms with E-state index in [0.717, 1.165) is 7.11 Å². The van der Waals surface area contributed by atoms with Gasteiger partial charge in [0.2, 0.25) is 11.6 Å². The van der Waals surface area contributed by atoms with Crippen LogP contribution in [0.2, 0.25) is 0 Å². The SMILES string of the molecule is COC(=O)COc1cc(F)c([N+](=O)[O-])cc1[N+](=O)[O-]. The second kappa shape index (κ2) is 5.71. The summed E-state index contributed by atoms with van der Waals surface area (Å²) in [6, 6.07) is 0.890. The van der Waals surface area contributed by atoms with Crippen molar-refractivity contribution in [3.8, 4) is 5.75 Å². The van der Waals surface area contributed by atoms with Gasteiger partial charge in [0, 0.05) is 6.07 Å². The van der Waals surface area contributed by atoms with E-state index in [9.17, 15) is 29.4 Å². The fourth-order valence-electron chi connectivity index (χ4n) is 1.13. The molecule has 0 saturated heterocycles. The second-order valence-electron chi connectivity index (χ2n) is 3.15. The number of esters is 1. The summed E-state index contributed by atoms with van der Waals surface area (Å²) in [4.78, 5) is 29.9. The Kier molecular flexibility index (Phi) is 4.29. The number of hydrogen-bond acceptors (Lipinski definition) is 7. The van der Waals surface area contributed by atoms with E-state index in [4.69, 9.17) is 0 Å². The van der Waals surface area contributed by atoms with Gasteiger partial charge in [-0.3, -0.25) is 20.2 Å². The van der Waals surface area contributed by atoms with Crippen LogP contribution < -0.4 is 4.74 Å². The molecule has 1 aromatic carbocycles. The minimum atomic E-state index is -1.31. The molecular formula is C9H7FN2O7. The van der Waals surface area contributed by atoms with E-state index in [1.807, 2.05) is 0 Å². The maximum absolute atomic E-state index is 13.3. The van der Waals surface area contributed by atoms with Crippen molar-refractivity contribution in [2.24, 2.45) is 0 Å². The number of nitro benzene ring substituents is 2. The highest BCUT2D eigenvalue weighted by Gasteiger charge is 2.26. The second-order valence-corrected chi connectivity index (χ2v) is 3.15. The first kappa shape index (κ1) is 14.3. The van der Waals surface area contributed by atoms with Gasteiger partial charge in [0.25, 0.3) is 0 Å². The van der Waals surface area contributed by atoms with Crippen LogP contribution in [0.3, 0.4) is 0 Å². The highest BCUT2D eigenvalue weighted by Crippen LogP contribution is 2.33. The van der Waals surface area contributed by atoms with E-state index in [-0.39, 0.29) is 0 Å². The average Bonchev–Trinajstić information content (AvgIpc) is 2.34. The summed E-state index contributed by atoms with van der Waals surface area (Å²) in [6.45, 7) is -0.686. The van der Waals surface area contributed by atoms with Crippen molar-refractivity contribution < 1.29 is 28.5 Å². The lowest BCUT2D eigenvalue weighted by molar-refractivity contribution is -0.396. The number of nitro groups is 2. The van der Waals surface area contributed by atoms with Crippen molar-refractivity contribution in [2.75, 3.05) is 13.7 Å². The lowest BCUT2D eigenvalue weighted by atomic mass is 10.2. The largest absolute Gasteiger partial charge is 0.475 e. The van der Waals surface area contributed by atoms with Gasteiger partial charge in [0.15, 0.2) is 6.61 Å². The molecule has 0 heterocycles. The molecule has 0 radical (unpaired) electrons. The Morgan fingerprint density at radius 2 is 1.84 bits per heavy atom. The van der Waals surface area contributed by atoms with E-state index >= 15 is 0 Å². The predicted molar refractivity (Wildman–Crippen MR) is 57.2 cm³/mol. The fourth-order valence-corrected chi connectivity index (χ4v) is 1.13. The molecule has 0 aliphatic rings. The number of nitrogens with zero attached hydrogens (tertiary/aromatic N) is 2. The van der Waals surface area contributed by atoms with Crippen molar-refractivity contribution in [3.05, 3.63) is 38.2 Å². The summed E-state index contributed by atoms with van der Waals surface area (Å²) in [5, 5.41) is 21.1. The third kappa shape index (κ3) is 3.34. The molecule has 0 amide bonds. The van der Waals surface area contributed by atoms with Gasteiger partial charge in [-0.2, -0.15) is 4.39 Å². The van der Waals surface area contributed by atoms with Crippen molar-refractivity contribution in [2.45, 2.75) is 0 Å². The van der Waals surface area contributed by atoms with Gasteiger partial charge in [0.05, 0.1) is 17.0 Å². The Balaban J connectivity index is 3.16. The number of methoxy groups -OCH3 is 1. The Morgan fingerprint density at radius 3 is 2.32 bits per heavy atom. The molecule has 0 aromatic heterocycles. The highest BCUT2D eigenvalue weighted by atomic mass is 19.1.